The number of anilines is 2. The third kappa shape index (κ3) is 4.45. The molecule has 0 atom stereocenters. The number of nitrogens with one attached hydrogen (secondary N) is 2. The average Bonchev–Trinajstić information content (AvgIpc) is 3.16. The number of halogens is 1. The van der Waals surface area contributed by atoms with Crippen LogP contribution in [0.25, 0.3) is 0 Å². The van der Waals surface area contributed by atoms with E-state index in [2.05, 4.69) is 21.6 Å². The molecule has 0 bridgehead atoms. The molecule has 1 heterocycles. The van der Waals surface area contributed by atoms with Crippen molar-refractivity contribution in [3.63, 3.8) is 0 Å². The lowest BCUT2D eigenvalue weighted by molar-refractivity contribution is 0.0975. The third-order valence-electron chi connectivity index (χ3n) is 4.21. The van der Waals surface area contributed by atoms with Crippen molar-refractivity contribution in [2.75, 3.05) is 30.4 Å². The van der Waals surface area contributed by atoms with Gasteiger partial charge >= 0.3 is 0 Å². The Morgan fingerprint density at radius 2 is 1.96 bits per heavy atom. The average molecular weight is 390 g/mol. The Balaban J connectivity index is 1.66. The maximum absolute atomic E-state index is 12.5. The van der Waals surface area contributed by atoms with E-state index in [0.29, 0.717) is 16.3 Å². The molecule has 1 fully saturated rings. The number of nitrogens with zero attached hydrogens (tertiary/aromatic N) is 1. The normalized spacial score (nSPS) is 13.4. The van der Waals surface area contributed by atoms with Gasteiger partial charge in [-0.25, -0.2) is 0 Å². The summed E-state index contributed by atoms with van der Waals surface area (Å²) >= 11 is 11.2. The number of carbonyl (C=O) groups is 1. The fourth-order valence-electron chi connectivity index (χ4n) is 2.95. The first kappa shape index (κ1) is 18.5. The smallest absolute Gasteiger partial charge is 0.261 e. The molecule has 2 N–H and O–H groups in total. The number of carbonyl (C=O) groups excluding carboxylic acids is 1. The van der Waals surface area contributed by atoms with Crippen LogP contribution in [0.15, 0.2) is 42.5 Å². The Morgan fingerprint density at radius 1 is 1.19 bits per heavy atom. The molecule has 1 aliphatic rings. The number of amides is 1. The maximum atomic E-state index is 12.5. The van der Waals surface area contributed by atoms with Gasteiger partial charge in [0.2, 0.25) is 0 Å². The van der Waals surface area contributed by atoms with Crippen LogP contribution in [0.4, 0.5) is 11.4 Å². The van der Waals surface area contributed by atoms with E-state index in [1.165, 1.54) is 20.0 Å². The van der Waals surface area contributed by atoms with Crippen LogP contribution >= 0.6 is 23.8 Å². The minimum absolute atomic E-state index is 0.218. The summed E-state index contributed by atoms with van der Waals surface area (Å²) in [7, 11) is 1.50. The molecule has 5 nitrogen and oxygen atoms in total. The van der Waals surface area contributed by atoms with Gasteiger partial charge in [0.15, 0.2) is 5.11 Å². The highest BCUT2D eigenvalue weighted by Gasteiger charge is 2.15. The van der Waals surface area contributed by atoms with Gasteiger partial charge in [0, 0.05) is 29.5 Å². The number of hydrogen-bond acceptors (Lipinski definition) is 4. The topological polar surface area (TPSA) is 53.6 Å². The highest BCUT2D eigenvalue weighted by atomic mass is 35.5. The van der Waals surface area contributed by atoms with E-state index in [1.54, 1.807) is 18.2 Å². The molecule has 0 aliphatic carbocycles. The van der Waals surface area contributed by atoms with Crippen molar-refractivity contribution in [2.45, 2.75) is 12.8 Å². The summed E-state index contributed by atoms with van der Waals surface area (Å²) in [4.78, 5) is 14.8. The van der Waals surface area contributed by atoms with Crippen LogP contribution in [0.5, 0.6) is 5.75 Å². The third-order valence-corrected chi connectivity index (χ3v) is 4.65. The molecule has 0 unspecified atom stereocenters. The minimum atomic E-state index is -0.377. The number of rotatable bonds is 4. The summed E-state index contributed by atoms with van der Waals surface area (Å²) in [6.45, 7) is 2.14. The van der Waals surface area contributed by atoms with Gasteiger partial charge in [0.05, 0.1) is 12.7 Å². The Labute approximate surface area is 163 Å². The summed E-state index contributed by atoms with van der Waals surface area (Å²) in [5, 5.41) is 6.39. The van der Waals surface area contributed by atoms with Gasteiger partial charge in [0.1, 0.15) is 5.75 Å². The van der Waals surface area contributed by atoms with E-state index in [4.69, 9.17) is 28.6 Å². The molecule has 26 heavy (non-hydrogen) atoms. The standard InChI is InChI=1S/C19H20ClN3O2S/c1-25-17-8-7-13(20)11-16(17)18(24)22-19(26)21-14-5-4-6-15(12-14)23-9-2-3-10-23/h4-8,11-12H,2-3,9-10H2,1H3,(H2,21,22,24,26). The van der Waals surface area contributed by atoms with Crippen molar-refractivity contribution in [3.05, 3.63) is 53.1 Å². The van der Waals surface area contributed by atoms with E-state index < -0.39 is 0 Å². The Kier molecular flexibility index (Phi) is 5.96. The van der Waals surface area contributed by atoms with Crippen molar-refractivity contribution in [1.29, 1.82) is 0 Å². The summed E-state index contributed by atoms with van der Waals surface area (Å²) in [5.74, 6) is 0.0586. The molecule has 7 heteroatoms. The summed E-state index contributed by atoms with van der Waals surface area (Å²) in [6.07, 6.45) is 2.43. The molecule has 136 valence electrons. The van der Waals surface area contributed by atoms with Crippen LogP contribution in [0, 0.1) is 0 Å². The Morgan fingerprint density at radius 3 is 2.69 bits per heavy atom. The lowest BCUT2D eigenvalue weighted by Crippen LogP contribution is -2.34. The van der Waals surface area contributed by atoms with Gasteiger partial charge in [-0.2, -0.15) is 0 Å². The monoisotopic (exact) mass is 389 g/mol. The predicted octanol–water partition coefficient (Wildman–Crippen LogP) is 4.08. The van der Waals surface area contributed by atoms with Crippen LogP contribution < -0.4 is 20.3 Å². The van der Waals surface area contributed by atoms with E-state index in [0.717, 1.165) is 24.5 Å². The number of thiocarbonyl (C=S) groups is 1. The molecule has 1 aliphatic heterocycles. The van der Waals surface area contributed by atoms with E-state index >= 15 is 0 Å². The van der Waals surface area contributed by atoms with Crippen molar-refractivity contribution < 1.29 is 9.53 Å². The van der Waals surface area contributed by atoms with Gasteiger partial charge < -0.3 is 15.0 Å². The van der Waals surface area contributed by atoms with Crippen LogP contribution in [0.2, 0.25) is 5.02 Å². The second-order valence-electron chi connectivity index (χ2n) is 6.00. The number of hydrogen-bond donors (Lipinski definition) is 2. The van der Waals surface area contributed by atoms with Crippen LogP contribution in [-0.4, -0.2) is 31.2 Å². The Hall–Kier alpha value is -2.31. The van der Waals surface area contributed by atoms with Crippen LogP contribution in [0.1, 0.15) is 23.2 Å². The van der Waals surface area contributed by atoms with E-state index in [9.17, 15) is 4.79 Å². The molecule has 0 aromatic heterocycles. The maximum Gasteiger partial charge on any atom is 0.261 e. The number of benzene rings is 2. The van der Waals surface area contributed by atoms with Gasteiger partial charge in [-0.15, -0.1) is 0 Å². The molecular weight excluding hydrogens is 370 g/mol. The van der Waals surface area contributed by atoms with E-state index in [1.807, 2.05) is 18.2 Å². The second kappa shape index (κ2) is 8.38. The molecule has 1 amide bonds. The SMILES string of the molecule is COc1ccc(Cl)cc1C(=O)NC(=S)Nc1cccc(N2CCCC2)c1. The van der Waals surface area contributed by atoms with Gasteiger partial charge in [0.25, 0.3) is 5.91 Å². The van der Waals surface area contributed by atoms with Crippen molar-refractivity contribution in [2.24, 2.45) is 0 Å². The lowest BCUT2D eigenvalue weighted by atomic mass is 10.2. The zero-order valence-corrected chi connectivity index (χ0v) is 16.0. The number of methoxy groups -OCH3 is 1. The first-order chi connectivity index (χ1) is 12.6. The lowest BCUT2D eigenvalue weighted by Gasteiger charge is -2.19. The van der Waals surface area contributed by atoms with Crippen LogP contribution in [-0.2, 0) is 0 Å². The summed E-state index contributed by atoms with van der Waals surface area (Å²) in [6, 6.07) is 12.9. The Bertz CT molecular complexity index is 822. The zero-order chi connectivity index (χ0) is 18.5. The van der Waals surface area contributed by atoms with Gasteiger partial charge in [-0.3, -0.25) is 10.1 Å². The first-order valence-corrected chi connectivity index (χ1v) is 9.16. The van der Waals surface area contributed by atoms with Crippen molar-refractivity contribution in [3.8, 4) is 5.75 Å². The van der Waals surface area contributed by atoms with E-state index in [-0.39, 0.29) is 11.0 Å². The van der Waals surface area contributed by atoms with Gasteiger partial charge in [-0.1, -0.05) is 17.7 Å². The quantitative estimate of drug-likeness (QED) is 0.772. The van der Waals surface area contributed by atoms with Crippen molar-refractivity contribution in [1.82, 2.24) is 5.32 Å². The highest BCUT2D eigenvalue weighted by Crippen LogP contribution is 2.24. The second-order valence-corrected chi connectivity index (χ2v) is 6.84. The molecule has 2 aromatic rings. The molecule has 3 rings (SSSR count). The fraction of sp³-hybridized carbons (Fsp3) is 0.263. The molecule has 2 aromatic carbocycles. The summed E-state index contributed by atoms with van der Waals surface area (Å²) in [5.41, 5.74) is 2.31. The van der Waals surface area contributed by atoms with Gasteiger partial charge in [-0.05, 0) is 61.5 Å². The molecule has 0 spiro atoms. The zero-order valence-electron chi connectivity index (χ0n) is 14.4. The first-order valence-electron chi connectivity index (χ1n) is 8.38. The van der Waals surface area contributed by atoms with Crippen LogP contribution in [0.3, 0.4) is 0 Å². The largest absolute Gasteiger partial charge is 0.496 e. The predicted molar refractivity (Wildman–Crippen MR) is 110 cm³/mol. The molecular formula is C19H20ClN3O2S. The molecule has 0 saturated carbocycles. The van der Waals surface area contributed by atoms with Crippen molar-refractivity contribution >= 4 is 46.2 Å². The summed E-state index contributed by atoms with van der Waals surface area (Å²) < 4.78 is 5.21. The molecule has 0 radical (unpaired) electrons. The highest BCUT2D eigenvalue weighted by molar-refractivity contribution is 7.80. The minimum Gasteiger partial charge on any atom is -0.496 e. The fourth-order valence-corrected chi connectivity index (χ4v) is 3.33. The number of ether oxygens (including phenoxy) is 1. The molecule has 1 saturated heterocycles.